The summed E-state index contributed by atoms with van der Waals surface area (Å²) in [6, 6.07) is 1.11. The summed E-state index contributed by atoms with van der Waals surface area (Å²) in [6.45, 7) is 3.28. The summed E-state index contributed by atoms with van der Waals surface area (Å²) in [4.78, 5) is 30.3. The summed E-state index contributed by atoms with van der Waals surface area (Å²) < 4.78 is 2.79. The highest BCUT2D eigenvalue weighted by atomic mass is 16.4. The van der Waals surface area contributed by atoms with Crippen LogP contribution in [0.5, 0.6) is 0 Å². The molecule has 0 radical (unpaired) electrons. The number of carboxylic acid groups (broad SMARTS) is 1. The number of aromatic nitrogens is 3. The summed E-state index contributed by atoms with van der Waals surface area (Å²) in [6.07, 6.45) is 2.82. The highest BCUT2D eigenvalue weighted by molar-refractivity contribution is 5.93. The molecule has 8 heteroatoms. The van der Waals surface area contributed by atoms with Crippen molar-refractivity contribution < 1.29 is 19.3 Å². The molecule has 19 heavy (non-hydrogen) atoms. The van der Waals surface area contributed by atoms with E-state index in [4.69, 9.17) is 5.11 Å². The van der Waals surface area contributed by atoms with Gasteiger partial charge in [0.1, 0.15) is 11.9 Å². The van der Waals surface area contributed by atoms with Crippen LogP contribution in [0.25, 0.3) is 11.0 Å². The van der Waals surface area contributed by atoms with Gasteiger partial charge in [-0.2, -0.15) is 4.98 Å². The fourth-order valence-corrected chi connectivity index (χ4v) is 1.64. The Morgan fingerprint density at radius 2 is 2.26 bits per heavy atom. The van der Waals surface area contributed by atoms with Crippen molar-refractivity contribution in [2.24, 2.45) is 0 Å². The number of nitrogens with zero attached hydrogens (tertiary/aromatic N) is 4. The zero-order valence-electron chi connectivity index (χ0n) is 10.2. The number of hydrogen-bond acceptors (Lipinski definition) is 4. The molecular weight excluding hydrogens is 250 g/mol. The Labute approximate surface area is 108 Å². The summed E-state index contributed by atoms with van der Waals surface area (Å²) >= 11 is 0. The molecule has 2 aromatic heterocycles. The number of amides is 1. The highest BCUT2D eigenvalue weighted by Crippen LogP contribution is 2.21. The van der Waals surface area contributed by atoms with Gasteiger partial charge in [0.15, 0.2) is 5.65 Å². The third-order valence-corrected chi connectivity index (χ3v) is 2.43. The molecule has 2 aromatic rings. The zero-order valence-corrected chi connectivity index (χ0v) is 10.2. The van der Waals surface area contributed by atoms with Gasteiger partial charge in [-0.3, -0.25) is 9.36 Å². The minimum atomic E-state index is -1.11. The Kier molecular flexibility index (Phi) is 3.23. The number of hydrogen-bond donors (Lipinski definition) is 2. The van der Waals surface area contributed by atoms with Crippen molar-refractivity contribution in [1.29, 1.82) is 0 Å². The van der Waals surface area contributed by atoms with E-state index in [2.05, 4.69) is 22.0 Å². The van der Waals surface area contributed by atoms with Crippen molar-refractivity contribution >= 4 is 35.6 Å². The van der Waals surface area contributed by atoms with E-state index in [0.717, 1.165) is 0 Å². The molecule has 0 unspecified atom stereocenters. The van der Waals surface area contributed by atoms with Gasteiger partial charge < -0.3 is 10.4 Å². The second-order valence-electron chi connectivity index (χ2n) is 3.87. The standard InChI is InChI=1S/C11H11N5O3/c1-15(2)9-7-3-4-16(10(7)14-6-13-9)11(19)12-5-8(17)18/h3-4,6H,1,5H2,2H3,(H-,12,17,18,19)/p+1. The smallest absolute Gasteiger partial charge is 0.335 e. The van der Waals surface area contributed by atoms with Gasteiger partial charge in [0, 0.05) is 6.20 Å². The van der Waals surface area contributed by atoms with Crippen LogP contribution < -0.4 is 5.32 Å². The predicted molar refractivity (Wildman–Crippen MR) is 66.9 cm³/mol. The second-order valence-corrected chi connectivity index (χ2v) is 3.87. The minimum Gasteiger partial charge on any atom is -0.480 e. The van der Waals surface area contributed by atoms with Crippen molar-refractivity contribution in [2.75, 3.05) is 13.6 Å². The van der Waals surface area contributed by atoms with Gasteiger partial charge in [-0.05, 0) is 11.1 Å². The normalized spacial score (nSPS) is 10.4. The molecular formula is C11H12N5O3+. The fourth-order valence-electron chi connectivity index (χ4n) is 1.64. The van der Waals surface area contributed by atoms with Gasteiger partial charge in [-0.15, -0.1) is 0 Å². The number of carbonyl (C=O) groups is 2. The molecule has 0 saturated heterocycles. The summed E-state index contributed by atoms with van der Waals surface area (Å²) in [7, 11) is 1.73. The summed E-state index contributed by atoms with van der Waals surface area (Å²) in [5.74, 6) is -0.535. The van der Waals surface area contributed by atoms with Crippen LogP contribution in [0, 0.1) is 0 Å². The lowest BCUT2D eigenvalue weighted by molar-refractivity contribution is -0.397. The molecule has 0 aliphatic carbocycles. The van der Waals surface area contributed by atoms with Crippen LogP contribution in [0.1, 0.15) is 0 Å². The first kappa shape index (κ1) is 12.7. The average molecular weight is 262 g/mol. The van der Waals surface area contributed by atoms with Crippen LogP contribution in [-0.4, -0.2) is 56.5 Å². The number of nitrogens with one attached hydrogen (secondary N) is 1. The van der Waals surface area contributed by atoms with Crippen molar-refractivity contribution in [3.05, 3.63) is 18.6 Å². The Morgan fingerprint density at radius 1 is 1.53 bits per heavy atom. The van der Waals surface area contributed by atoms with E-state index in [9.17, 15) is 9.59 Å². The molecule has 8 nitrogen and oxygen atoms in total. The maximum Gasteiger partial charge on any atom is 0.335 e. The first-order valence-electron chi connectivity index (χ1n) is 5.37. The van der Waals surface area contributed by atoms with E-state index in [0.29, 0.717) is 16.9 Å². The first-order valence-corrected chi connectivity index (χ1v) is 5.37. The molecule has 0 spiro atoms. The van der Waals surface area contributed by atoms with E-state index < -0.39 is 18.5 Å². The van der Waals surface area contributed by atoms with Gasteiger partial charge in [0.25, 0.3) is 0 Å². The molecule has 0 aliphatic rings. The Morgan fingerprint density at radius 3 is 2.89 bits per heavy atom. The average Bonchev–Trinajstić information content (AvgIpc) is 2.79. The largest absolute Gasteiger partial charge is 0.480 e. The topological polar surface area (TPSA) is 100 Å². The first-order chi connectivity index (χ1) is 9.00. The molecule has 98 valence electrons. The van der Waals surface area contributed by atoms with Crippen LogP contribution >= 0.6 is 0 Å². The molecule has 0 aliphatic heterocycles. The maximum absolute atomic E-state index is 11.8. The minimum absolute atomic E-state index is 0.392. The van der Waals surface area contributed by atoms with E-state index in [1.54, 1.807) is 17.7 Å². The van der Waals surface area contributed by atoms with Crippen LogP contribution in [0.4, 0.5) is 10.6 Å². The van der Waals surface area contributed by atoms with Gasteiger partial charge >= 0.3 is 17.8 Å². The van der Waals surface area contributed by atoms with E-state index in [-0.39, 0.29) is 0 Å². The van der Waals surface area contributed by atoms with Crippen LogP contribution in [0.3, 0.4) is 0 Å². The number of carbonyl (C=O) groups excluding carboxylic acids is 1. The highest BCUT2D eigenvalue weighted by Gasteiger charge is 2.18. The van der Waals surface area contributed by atoms with Crippen molar-refractivity contribution in [2.45, 2.75) is 0 Å². The Bertz CT molecular complexity index is 676. The lowest BCUT2D eigenvalue weighted by Crippen LogP contribution is -2.32. The van der Waals surface area contributed by atoms with E-state index in [1.807, 2.05) is 0 Å². The van der Waals surface area contributed by atoms with Crippen molar-refractivity contribution in [3.8, 4) is 0 Å². The van der Waals surface area contributed by atoms with Gasteiger partial charge in [0.05, 0.1) is 13.8 Å². The Hall–Kier alpha value is -2.77. The molecule has 0 atom stereocenters. The number of rotatable bonds is 3. The fraction of sp³-hybridized carbons (Fsp3) is 0.182. The molecule has 2 rings (SSSR count). The van der Waals surface area contributed by atoms with Gasteiger partial charge in [-0.25, -0.2) is 9.37 Å². The Balaban J connectivity index is 2.41. The lowest BCUT2D eigenvalue weighted by atomic mass is 10.4. The van der Waals surface area contributed by atoms with E-state index >= 15 is 0 Å². The van der Waals surface area contributed by atoms with Crippen molar-refractivity contribution in [1.82, 2.24) is 19.9 Å². The maximum atomic E-state index is 11.8. The summed E-state index contributed by atoms with van der Waals surface area (Å²) in [5, 5.41) is 11.4. The SMILES string of the molecule is C=[N+](C)c1ncnc2c1ccn2C(=O)NCC(=O)O. The number of fused-ring (bicyclic) bond motifs is 1. The monoisotopic (exact) mass is 262 g/mol. The zero-order chi connectivity index (χ0) is 14.0. The molecule has 0 fully saturated rings. The van der Waals surface area contributed by atoms with Crippen LogP contribution in [0.15, 0.2) is 18.6 Å². The van der Waals surface area contributed by atoms with Crippen molar-refractivity contribution in [3.63, 3.8) is 0 Å². The molecule has 1 amide bonds. The molecule has 0 aromatic carbocycles. The van der Waals surface area contributed by atoms with Gasteiger partial charge in [0.2, 0.25) is 6.33 Å². The van der Waals surface area contributed by atoms with Crippen LogP contribution in [-0.2, 0) is 4.79 Å². The second kappa shape index (κ2) is 4.84. The third kappa shape index (κ3) is 2.41. The number of carboxylic acids is 1. The molecule has 0 bridgehead atoms. The quantitative estimate of drug-likeness (QED) is 0.601. The molecule has 2 heterocycles. The lowest BCUT2D eigenvalue weighted by Gasteiger charge is -2.03. The number of aliphatic carboxylic acids is 1. The van der Waals surface area contributed by atoms with E-state index in [1.165, 1.54) is 17.1 Å². The summed E-state index contributed by atoms with van der Waals surface area (Å²) in [5.41, 5.74) is 0.392. The molecule has 2 N–H and O–H groups in total. The predicted octanol–water partition coefficient (Wildman–Crippen LogP) is 0.0480. The third-order valence-electron chi connectivity index (χ3n) is 2.43. The molecule has 0 saturated carbocycles. The van der Waals surface area contributed by atoms with Crippen LogP contribution in [0.2, 0.25) is 0 Å². The van der Waals surface area contributed by atoms with Gasteiger partial charge in [-0.1, -0.05) is 0 Å².